The van der Waals surface area contributed by atoms with Crippen molar-refractivity contribution in [1.82, 2.24) is 15.3 Å². The third-order valence-corrected chi connectivity index (χ3v) is 6.23. The molecule has 0 saturated heterocycles. The van der Waals surface area contributed by atoms with Crippen LogP contribution in [-0.4, -0.2) is 30.2 Å². The Labute approximate surface area is 200 Å². The van der Waals surface area contributed by atoms with Gasteiger partial charge in [-0.3, -0.25) is 0 Å². The molecule has 3 N–H and O–H groups in total. The first-order chi connectivity index (χ1) is 16.8. The van der Waals surface area contributed by atoms with Crippen molar-refractivity contribution >= 4 is 27.6 Å². The Hall–Kier alpha value is -3.83. The van der Waals surface area contributed by atoms with E-state index in [-0.39, 0.29) is 6.04 Å². The molecule has 172 valence electrons. The van der Waals surface area contributed by atoms with E-state index in [2.05, 4.69) is 76.4 Å². The molecule has 0 amide bonds. The second-order valence-corrected chi connectivity index (χ2v) is 8.49. The fraction of sp³-hybridized carbons (Fsp3) is 0.207. The van der Waals surface area contributed by atoms with Gasteiger partial charge < -0.3 is 20.4 Å². The zero-order chi connectivity index (χ0) is 23.2. The van der Waals surface area contributed by atoms with Gasteiger partial charge in [0.15, 0.2) is 0 Å². The maximum Gasteiger partial charge on any atom is 0.131 e. The van der Waals surface area contributed by atoms with Crippen LogP contribution in [-0.2, 0) is 6.42 Å². The molecule has 0 spiro atoms. The highest BCUT2D eigenvalue weighted by Crippen LogP contribution is 2.28. The van der Waals surface area contributed by atoms with Crippen molar-refractivity contribution in [3.8, 4) is 5.75 Å². The van der Waals surface area contributed by atoms with Crippen molar-refractivity contribution in [2.75, 3.05) is 25.5 Å². The van der Waals surface area contributed by atoms with Gasteiger partial charge in [0.05, 0.1) is 12.6 Å². The van der Waals surface area contributed by atoms with E-state index in [0.717, 1.165) is 48.4 Å². The Kier molecular flexibility index (Phi) is 6.73. The largest absolute Gasteiger partial charge is 0.496 e. The van der Waals surface area contributed by atoms with Gasteiger partial charge in [-0.15, -0.1) is 0 Å². The lowest BCUT2D eigenvalue weighted by molar-refractivity contribution is 0.419. The first-order valence-electron chi connectivity index (χ1n) is 11.8. The Morgan fingerprint density at radius 3 is 2.50 bits per heavy atom. The average molecular weight is 451 g/mol. The molecule has 0 fully saturated rings. The number of ether oxygens (including phenoxy) is 1. The molecule has 5 aromatic rings. The number of anilines is 1. The highest BCUT2D eigenvalue weighted by Gasteiger charge is 2.16. The quantitative estimate of drug-likeness (QED) is 0.225. The lowest BCUT2D eigenvalue weighted by atomic mass is 9.98. The summed E-state index contributed by atoms with van der Waals surface area (Å²) in [5.41, 5.74) is 4.75. The number of nitrogens with one attached hydrogen (secondary N) is 3. The molecular weight excluding hydrogens is 420 g/mol. The van der Waals surface area contributed by atoms with E-state index in [1.165, 1.54) is 22.0 Å². The molecule has 0 aliphatic heterocycles. The number of aromatic nitrogens is 2. The Bertz CT molecular complexity index is 1360. The van der Waals surface area contributed by atoms with Gasteiger partial charge in [-0.2, -0.15) is 0 Å². The predicted molar refractivity (Wildman–Crippen MR) is 141 cm³/mol. The fourth-order valence-corrected chi connectivity index (χ4v) is 4.51. The van der Waals surface area contributed by atoms with Gasteiger partial charge in [0.1, 0.15) is 11.6 Å². The number of benzene rings is 3. The number of nitrogens with zero attached hydrogens (tertiary/aromatic N) is 1. The fourth-order valence-electron chi connectivity index (χ4n) is 4.51. The second-order valence-electron chi connectivity index (χ2n) is 8.49. The van der Waals surface area contributed by atoms with E-state index >= 15 is 0 Å². The molecule has 5 rings (SSSR count). The Morgan fingerprint density at radius 2 is 1.65 bits per heavy atom. The minimum absolute atomic E-state index is 0.234. The monoisotopic (exact) mass is 450 g/mol. The molecule has 5 heteroatoms. The van der Waals surface area contributed by atoms with Crippen LogP contribution in [0.15, 0.2) is 91.1 Å². The van der Waals surface area contributed by atoms with E-state index in [9.17, 15) is 0 Å². The first kappa shape index (κ1) is 22.0. The molecule has 0 radical (unpaired) electrons. The number of fused-ring (bicyclic) bond motifs is 2. The molecule has 1 unspecified atom stereocenters. The van der Waals surface area contributed by atoms with Crippen LogP contribution in [0.25, 0.3) is 21.8 Å². The van der Waals surface area contributed by atoms with Crippen molar-refractivity contribution in [1.29, 1.82) is 0 Å². The SMILES string of the molecule is COc1cc(NCCCNC(Cc2ccccc2)c2c[nH]c3ccccc23)nc2ccccc12. The van der Waals surface area contributed by atoms with Crippen molar-refractivity contribution in [2.24, 2.45) is 0 Å². The van der Waals surface area contributed by atoms with Gasteiger partial charge in [-0.1, -0.05) is 60.7 Å². The van der Waals surface area contributed by atoms with Crippen molar-refractivity contribution in [3.63, 3.8) is 0 Å². The normalized spacial score (nSPS) is 12.1. The van der Waals surface area contributed by atoms with Gasteiger partial charge >= 0.3 is 0 Å². The molecule has 0 aliphatic carbocycles. The number of aromatic amines is 1. The van der Waals surface area contributed by atoms with Gasteiger partial charge in [-0.25, -0.2) is 4.98 Å². The molecular formula is C29H30N4O. The van der Waals surface area contributed by atoms with Crippen LogP contribution in [0.5, 0.6) is 5.75 Å². The average Bonchev–Trinajstić information content (AvgIpc) is 3.32. The summed E-state index contributed by atoms with van der Waals surface area (Å²) in [4.78, 5) is 8.16. The van der Waals surface area contributed by atoms with E-state index in [0.29, 0.717) is 0 Å². The topological polar surface area (TPSA) is 62.0 Å². The van der Waals surface area contributed by atoms with Crippen LogP contribution < -0.4 is 15.4 Å². The molecule has 34 heavy (non-hydrogen) atoms. The summed E-state index contributed by atoms with van der Waals surface area (Å²) < 4.78 is 5.56. The molecule has 0 bridgehead atoms. The molecule has 3 aromatic carbocycles. The van der Waals surface area contributed by atoms with Crippen molar-refractivity contribution in [3.05, 3.63) is 102 Å². The van der Waals surface area contributed by atoms with Crippen LogP contribution in [0.4, 0.5) is 5.82 Å². The van der Waals surface area contributed by atoms with Crippen LogP contribution in [0.2, 0.25) is 0 Å². The van der Waals surface area contributed by atoms with Crippen LogP contribution >= 0.6 is 0 Å². The number of pyridine rings is 1. The van der Waals surface area contributed by atoms with Crippen LogP contribution in [0, 0.1) is 0 Å². The Morgan fingerprint density at radius 1 is 0.882 bits per heavy atom. The van der Waals surface area contributed by atoms with Gasteiger partial charge in [0, 0.05) is 41.1 Å². The molecule has 0 aliphatic rings. The molecule has 1 atom stereocenters. The lowest BCUT2D eigenvalue weighted by Crippen LogP contribution is -2.25. The van der Waals surface area contributed by atoms with E-state index in [1.54, 1.807) is 7.11 Å². The number of rotatable bonds is 10. The number of methoxy groups -OCH3 is 1. The zero-order valence-corrected chi connectivity index (χ0v) is 19.4. The highest BCUT2D eigenvalue weighted by atomic mass is 16.5. The van der Waals surface area contributed by atoms with Gasteiger partial charge in [0.2, 0.25) is 0 Å². The molecule has 2 heterocycles. The Balaban J connectivity index is 1.24. The maximum absolute atomic E-state index is 5.56. The maximum atomic E-state index is 5.56. The van der Waals surface area contributed by atoms with E-state index in [4.69, 9.17) is 9.72 Å². The third kappa shape index (κ3) is 4.90. The number of H-pyrrole nitrogens is 1. The van der Waals surface area contributed by atoms with Gasteiger partial charge in [0.25, 0.3) is 0 Å². The smallest absolute Gasteiger partial charge is 0.131 e. The second kappa shape index (κ2) is 10.4. The number of hydrogen-bond donors (Lipinski definition) is 3. The standard InChI is InChI=1S/C29H30N4O/c1-34-28-19-29(33-26-15-8-6-13-23(26)28)31-17-9-16-30-27(18-21-10-3-2-4-11-21)24-20-32-25-14-7-5-12-22(24)25/h2-8,10-15,19-20,27,30,32H,9,16-18H2,1H3,(H,31,33). The van der Waals surface area contributed by atoms with Crippen LogP contribution in [0.1, 0.15) is 23.6 Å². The van der Waals surface area contributed by atoms with Crippen molar-refractivity contribution in [2.45, 2.75) is 18.9 Å². The number of para-hydroxylation sites is 2. The van der Waals surface area contributed by atoms with Crippen LogP contribution in [0.3, 0.4) is 0 Å². The summed E-state index contributed by atoms with van der Waals surface area (Å²) in [5, 5.41) is 9.56. The predicted octanol–water partition coefficient (Wildman–Crippen LogP) is 6.10. The summed E-state index contributed by atoms with van der Waals surface area (Å²) >= 11 is 0. The lowest BCUT2D eigenvalue weighted by Gasteiger charge is -2.19. The summed E-state index contributed by atoms with van der Waals surface area (Å²) in [6.07, 6.45) is 4.07. The minimum atomic E-state index is 0.234. The molecule has 5 nitrogen and oxygen atoms in total. The van der Waals surface area contributed by atoms with E-state index in [1.807, 2.05) is 30.3 Å². The first-order valence-corrected chi connectivity index (χ1v) is 11.8. The molecule has 0 saturated carbocycles. The summed E-state index contributed by atoms with van der Waals surface area (Å²) in [7, 11) is 1.70. The summed E-state index contributed by atoms with van der Waals surface area (Å²) in [6.45, 7) is 1.72. The third-order valence-electron chi connectivity index (χ3n) is 6.23. The summed E-state index contributed by atoms with van der Waals surface area (Å²) in [6, 6.07) is 29.4. The van der Waals surface area contributed by atoms with Crippen molar-refractivity contribution < 1.29 is 4.74 Å². The highest BCUT2D eigenvalue weighted by molar-refractivity contribution is 5.87. The van der Waals surface area contributed by atoms with Gasteiger partial charge in [-0.05, 0) is 48.7 Å². The van der Waals surface area contributed by atoms with E-state index < -0.39 is 0 Å². The number of hydrogen-bond acceptors (Lipinski definition) is 4. The summed E-state index contributed by atoms with van der Waals surface area (Å²) in [5.74, 6) is 1.68. The minimum Gasteiger partial charge on any atom is -0.496 e. The molecule has 2 aromatic heterocycles. The zero-order valence-electron chi connectivity index (χ0n) is 19.4.